The van der Waals surface area contributed by atoms with Crippen molar-refractivity contribution in [2.45, 2.75) is 49.6 Å². The lowest BCUT2D eigenvalue weighted by Gasteiger charge is -2.37. The predicted octanol–water partition coefficient (Wildman–Crippen LogP) is 1.58. The number of amides is 1. The zero-order valence-electron chi connectivity index (χ0n) is 15.0. The van der Waals surface area contributed by atoms with Gasteiger partial charge in [-0.05, 0) is 43.9 Å². The lowest BCUT2D eigenvalue weighted by atomic mass is 10.0. The van der Waals surface area contributed by atoms with E-state index in [0.717, 1.165) is 44.8 Å². The molecule has 2 aliphatic heterocycles. The Bertz CT molecular complexity index is 740. The van der Waals surface area contributed by atoms with E-state index in [2.05, 4.69) is 5.32 Å². The van der Waals surface area contributed by atoms with E-state index in [1.165, 1.54) is 22.5 Å². The van der Waals surface area contributed by atoms with E-state index in [-0.39, 0.29) is 16.8 Å². The van der Waals surface area contributed by atoms with Crippen molar-refractivity contribution in [1.29, 1.82) is 0 Å². The van der Waals surface area contributed by atoms with E-state index in [1.54, 1.807) is 6.92 Å². The quantitative estimate of drug-likeness (QED) is 0.857. The molecular weight excluding hydrogens is 357 g/mol. The van der Waals surface area contributed by atoms with E-state index in [4.69, 9.17) is 0 Å². The van der Waals surface area contributed by atoms with Crippen LogP contribution < -0.4 is 5.32 Å². The number of benzene rings is 1. The van der Waals surface area contributed by atoms with Crippen LogP contribution in [0.15, 0.2) is 29.2 Å². The lowest BCUT2D eigenvalue weighted by molar-refractivity contribution is -0.129. The molecule has 0 aromatic heterocycles. The Labute approximate surface area is 154 Å². The smallest absolute Gasteiger partial charge is 0.243 e. The maximum absolute atomic E-state index is 13.3. The first-order valence-electron chi connectivity index (χ1n) is 9.13. The number of hydrogen-bond donors (Lipinski definition) is 1. The van der Waals surface area contributed by atoms with Crippen molar-refractivity contribution in [3.05, 3.63) is 30.1 Å². The minimum atomic E-state index is -3.64. The van der Waals surface area contributed by atoms with Crippen LogP contribution in [0, 0.1) is 5.82 Å². The van der Waals surface area contributed by atoms with E-state index < -0.39 is 15.8 Å². The number of nitrogens with zero attached hydrogens (tertiary/aromatic N) is 2. The second kappa shape index (κ2) is 8.02. The third-order valence-electron chi connectivity index (χ3n) is 5.30. The monoisotopic (exact) mass is 383 g/mol. The second-order valence-electron chi connectivity index (χ2n) is 7.08. The van der Waals surface area contributed by atoms with Gasteiger partial charge in [0, 0.05) is 45.2 Å². The summed E-state index contributed by atoms with van der Waals surface area (Å²) in [6.07, 6.45) is 3.34. The predicted molar refractivity (Wildman–Crippen MR) is 96.6 cm³/mol. The molecule has 1 amide bonds. The molecule has 0 radical (unpaired) electrons. The summed E-state index contributed by atoms with van der Waals surface area (Å²) in [6.45, 7) is 4.02. The third-order valence-corrected chi connectivity index (χ3v) is 7.19. The molecule has 144 valence electrons. The zero-order valence-corrected chi connectivity index (χ0v) is 15.8. The van der Waals surface area contributed by atoms with Gasteiger partial charge in [-0.1, -0.05) is 6.07 Å². The van der Waals surface area contributed by atoms with Gasteiger partial charge >= 0.3 is 0 Å². The van der Waals surface area contributed by atoms with Gasteiger partial charge in [0.15, 0.2) is 0 Å². The fourth-order valence-electron chi connectivity index (χ4n) is 3.73. The maximum Gasteiger partial charge on any atom is 0.243 e. The van der Waals surface area contributed by atoms with Crippen molar-refractivity contribution in [2.75, 3.05) is 26.2 Å². The SMILES string of the molecule is CC(=O)N1CCC(NC2CCN(S(=O)(=O)c3cccc(F)c3)CC2)CC1. The standard InChI is InChI=1S/C18H26FN3O3S/c1-14(23)21-9-5-16(6-10-21)20-17-7-11-22(12-8-17)26(24,25)18-4-2-3-15(19)13-18/h2-4,13,16-17,20H,5-12H2,1H3. The summed E-state index contributed by atoms with van der Waals surface area (Å²) in [4.78, 5) is 13.3. The van der Waals surface area contributed by atoms with Crippen molar-refractivity contribution in [2.24, 2.45) is 0 Å². The number of carbonyl (C=O) groups excluding carboxylic acids is 1. The minimum Gasteiger partial charge on any atom is -0.343 e. The number of piperidine rings is 2. The van der Waals surface area contributed by atoms with Gasteiger partial charge in [-0.15, -0.1) is 0 Å². The number of hydrogen-bond acceptors (Lipinski definition) is 4. The van der Waals surface area contributed by atoms with Gasteiger partial charge in [-0.25, -0.2) is 12.8 Å². The van der Waals surface area contributed by atoms with Gasteiger partial charge in [-0.3, -0.25) is 4.79 Å². The van der Waals surface area contributed by atoms with Gasteiger partial charge < -0.3 is 10.2 Å². The highest BCUT2D eigenvalue weighted by atomic mass is 32.2. The Balaban J connectivity index is 1.51. The molecule has 2 aliphatic rings. The van der Waals surface area contributed by atoms with Gasteiger partial charge in [-0.2, -0.15) is 4.31 Å². The van der Waals surface area contributed by atoms with Crippen molar-refractivity contribution in [1.82, 2.24) is 14.5 Å². The van der Waals surface area contributed by atoms with Crippen molar-refractivity contribution in [3.63, 3.8) is 0 Å². The van der Waals surface area contributed by atoms with Crippen LogP contribution in [0.3, 0.4) is 0 Å². The molecule has 1 N–H and O–H groups in total. The molecule has 1 aromatic carbocycles. The summed E-state index contributed by atoms with van der Waals surface area (Å²) in [7, 11) is -3.64. The second-order valence-corrected chi connectivity index (χ2v) is 9.02. The van der Waals surface area contributed by atoms with Crippen LogP contribution in [0.25, 0.3) is 0 Å². The molecule has 0 atom stereocenters. The maximum atomic E-state index is 13.3. The van der Waals surface area contributed by atoms with Crippen LogP contribution in [0.5, 0.6) is 0 Å². The first-order chi connectivity index (χ1) is 12.4. The first kappa shape index (κ1) is 19.3. The minimum absolute atomic E-state index is 0.0144. The van der Waals surface area contributed by atoms with Gasteiger partial charge in [0.25, 0.3) is 0 Å². The average Bonchev–Trinajstić information content (AvgIpc) is 2.62. The van der Waals surface area contributed by atoms with E-state index in [1.807, 2.05) is 4.90 Å². The number of nitrogens with one attached hydrogen (secondary N) is 1. The summed E-state index contributed by atoms with van der Waals surface area (Å²) in [6, 6.07) is 5.83. The Morgan fingerprint density at radius 3 is 2.19 bits per heavy atom. The van der Waals surface area contributed by atoms with Crippen LogP contribution in [0.4, 0.5) is 4.39 Å². The highest BCUT2D eigenvalue weighted by Gasteiger charge is 2.31. The Morgan fingerprint density at radius 1 is 1.08 bits per heavy atom. The molecule has 0 unspecified atom stereocenters. The Hall–Kier alpha value is -1.51. The fraction of sp³-hybridized carbons (Fsp3) is 0.611. The molecule has 3 rings (SSSR count). The molecule has 2 saturated heterocycles. The van der Waals surface area contributed by atoms with E-state index in [0.29, 0.717) is 19.1 Å². The molecule has 0 aliphatic carbocycles. The molecule has 26 heavy (non-hydrogen) atoms. The number of likely N-dealkylation sites (tertiary alicyclic amines) is 1. The fourth-order valence-corrected chi connectivity index (χ4v) is 5.24. The van der Waals surface area contributed by atoms with Gasteiger partial charge in [0.2, 0.25) is 15.9 Å². The van der Waals surface area contributed by atoms with Crippen molar-refractivity contribution < 1.29 is 17.6 Å². The zero-order chi connectivity index (χ0) is 18.7. The van der Waals surface area contributed by atoms with Crippen LogP contribution in [0.2, 0.25) is 0 Å². The highest BCUT2D eigenvalue weighted by molar-refractivity contribution is 7.89. The Morgan fingerprint density at radius 2 is 1.65 bits per heavy atom. The normalized spacial score (nSPS) is 21.1. The lowest BCUT2D eigenvalue weighted by Crippen LogP contribution is -2.51. The molecule has 6 nitrogen and oxygen atoms in total. The van der Waals surface area contributed by atoms with E-state index >= 15 is 0 Å². The summed E-state index contributed by atoms with van der Waals surface area (Å²) in [5.41, 5.74) is 0. The topological polar surface area (TPSA) is 69.7 Å². The molecular formula is C18H26FN3O3S. The third kappa shape index (κ3) is 4.42. The molecule has 1 aromatic rings. The average molecular weight is 383 g/mol. The molecule has 0 saturated carbocycles. The van der Waals surface area contributed by atoms with Crippen LogP contribution in [0.1, 0.15) is 32.6 Å². The number of halogens is 1. The first-order valence-corrected chi connectivity index (χ1v) is 10.6. The van der Waals surface area contributed by atoms with Gasteiger partial charge in [0.05, 0.1) is 4.90 Å². The van der Waals surface area contributed by atoms with Crippen LogP contribution in [-0.2, 0) is 14.8 Å². The largest absolute Gasteiger partial charge is 0.343 e. The molecule has 2 heterocycles. The molecule has 0 bridgehead atoms. The van der Waals surface area contributed by atoms with E-state index in [9.17, 15) is 17.6 Å². The Kier molecular flexibility index (Phi) is 5.94. The highest BCUT2D eigenvalue weighted by Crippen LogP contribution is 2.22. The summed E-state index contributed by atoms with van der Waals surface area (Å²) in [5, 5.41) is 3.62. The van der Waals surface area contributed by atoms with Crippen LogP contribution in [-0.4, -0.2) is 61.8 Å². The van der Waals surface area contributed by atoms with Crippen molar-refractivity contribution >= 4 is 15.9 Å². The molecule has 8 heteroatoms. The number of rotatable bonds is 4. The van der Waals surface area contributed by atoms with Gasteiger partial charge in [0.1, 0.15) is 5.82 Å². The van der Waals surface area contributed by atoms with Crippen LogP contribution >= 0.6 is 0 Å². The number of carbonyl (C=O) groups is 1. The van der Waals surface area contributed by atoms with Crippen molar-refractivity contribution in [3.8, 4) is 0 Å². The summed E-state index contributed by atoms with van der Waals surface area (Å²) >= 11 is 0. The number of sulfonamides is 1. The summed E-state index contributed by atoms with van der Waals surface area (Å²) < 4.78 is 40.1. The summed E-state index contributed by atoms with van der Waals surface area (Å²) in [5.74, 6) is -0.418. The molecule has 0 spiro atoms. The molecule has 2 fully saturated rings.